The van der Waals surface area contributed by atoms with Crippen LogP contribution in [0.4, 0.5) is 0 Å². The molecule has 2 aromatic carbocycles. The summed E-state index contributed by atoms with van der Waals surface area (Å²) in [7, 11) is 1.92. The molecule has 0 saturated carbocycles. The molecule has 26 heavy (non-hydrogen) atoms. The first-order valence-electron chi connectivity index (χ1n) is 8.00. The fourth-order valence-corrected chi connectivity index (χ4v) is 3.71. The standard InChI is InChI=1S/C18H15ClN4O2S/c1-22-16(12-6-8-13(19)9-7-12)20-21-17(22)26-11-10-23-14-4-2-3-5-15(14)25-18(23)24/h2-9H,10-11H2,1H3. The average Bonchev–Trinajstić information content (AvgIpc) is 3.16. The van der Waals surface area contributed by atoms with Gasteiger partial charge in [-0.2, -0.15) is 0 Å². The third-order valence-corrected chi connectivity index (χ3v) is 5.31. The van der Waals surface area contributed by atoms with Gasteiger partial charge in [0.1, 0.15) is 0 Å². The molecule has 0 aliphatic heterocycles. The van der Waals surface area contributed by atoms with Gasteiger partial charge in [0.05, 0.1) is 5.52 Å². The van der Waals surface area contributed by atoms with Crippen molar-refractivity contribution in [3.63, 3.8) is 0 Å². The predicted octanol–water partition coefficient (Wildman–Crippen LogP) is 3.84. The highest BCUT2D eigenvalue weighted by molar-refractivity contribution is 7.99. The molecule has 6 nitrogen and oxygen atoms in total. The summed E-state index contributed by atoms with van der Waals surface area (Å²) in [5.41, 5.74) is 2.36. The molecule has 4 aromatic rings. The van der Waals surface area contributed by atoms with E-state index in [0.29, 0.717) is 22.9 Å². The molecule has 0 fully saturated rings. The Hall–Kier alpha value is -2.51. The Morgan fingerprint density at radius 2 is 1.88 bits per heavy atom. The van der Waals surface area contributed by atoms with E-state index in [2.05, 4.69) is 10.2 Å². The van der Waals surface area contributed by atoms with E-state index in [4.69, 9.17) is 16.0 Å². The number of aryl methyl sites for hydroxylation is 1. The summed E-state index contributed by atoms with van der Waals surface area (Å²) in [4.78, 5) is 12.0. The van der Waals surface area contributed by atoms with E-state index in [-0.39, 0.29) is 5.76 Å². The van der Waals surface area contributed by atoms with Crippen LogP contribution in [0.15, 0.2) is 62.9 Å². The minimum absolute atomic E-state index is 0.341. The summed E-state index contributed by atoms with van der Waals surface area (Å²) in [6.07, 6.45) is 0. The lowest BCUT2D eigenvalue weighted by Gasteiger charge is -2.05. The largest absolute Gasteiger partial charge is 0.419 e. The van der Waals surface area contributed by atoms with Gasteiger partial charge in [0.15, 0.2) is 16.6 Å². The maximum atomic E-state index is 12.0. The summed E-state index contributed by atoms with van der Waals surface area (Å²) in [5.74, 6) is 1.11. The van der Waals surface area contributed by atoms with E-state index in [1.54, 1.807) is 22.4 Å². The van der Waals surface area contributed by atoms with Crippen LogP contribution in [0, 0.1) is 0 Å². The van der Waals surface area contributed by atoms with E-state index < -0.39 is 0 Å². The zero-order valence-electron chi connectivity index (χ0n) is 13.9. The number of aromatic nitrogens is 4. The van der Waals surface area contributed by atoms with E-state index in [0.717, 1.165) is 22.1 Å². The van der Waals surface area contributed by atoms with E-state index >= 15 is 0 Å². The molecular weight excluding hydrogens is 372 g/mol. The number of nitrogens with zero attached hydrogens (tertiary/aromatic N) is 4. The van der Waals surface area contributed by atoms with Crippen LogP contribution in [0.1, 0.15) is 0 Å². The van der Waals surface area contributed by atoms with Crippen LogP contribution in [0.5, 0.6) is 0 Å². The van der Waals surface area contributed by atoms with Gasteiger partial charge >= 0.3 is 5.76 Å². The highest BCUT2D eigenvalue weighted by Crippen LogP contribution is 2.24. The molecule has 2 aromatic heterocycles. The molecule has 8 heteroatoms. The Labute approximate surface area is 158 Å². The molecule has 0 saturated heterocycles. The van der Waals surface area contributed by atoms with Gasteiger partial charge in [-0.1, -0.05) is 35.5 Å². The van der Waals surface area contributed by atoms with Gasteiger partial charge in [0, 0.05) is 29.9 Å². The maximum Gasteiger partial charge on any atom is 0.419 e. The Morgan fingerprint density at radius 1 is 1.12 bits per heavy atom. The zero-order chi connectivity index (χ0) is 18.1. The lowest BCUT2D eigenvalue weighted by atomic mass is 10.2. The topological polar surface area (TPSA) is 65.8 Å². The van der Waals surface area contributed by atoms with Crippen molar-refractivity contribution in [2.45, 2.75) is 11.7 Å². The molecule has 0 amide bonds. The molecule has 0 radical (unpaired) electrons. The molecule has 0 N–H and O–H groups in total. The van der Waals surface area contributed by atoms with Crippen LogP contribution in [0.3, 0.4) is 0 Å². The van der Waals surface area contributed by atoms with Gasteiger partial charge in [0.2, 0.25) is 0 Å². The van der Waals surface area contributed by atoms with Crippen molar-refractivity contribution in [2.75, 3.05) is 5.75 Å². The van der Waals surface area contributed by atoms with Gasteiger partial charge in [-0.25, -0.2) is 4.79 Å². The zero-order valence-corrected chi connectivity index (χ0v) is 15.5. The highest BCUT2D eigenvalue weighted by Gasteiger charge is 2.12. The van der Waals surface area contributed by atoms with Crippen molar-refractivity contribution in [3.8, 4) is 11.4 Å². The molecule has 0 aliphatic carbocycles. The number of hydrogen-bond donors (Lipinski definition) is 0. The molecule has 0 spiro atoms. The normalized spacial score (nSPS) is 11.3. The van der Waals surface area contributed by atoms with Crippen molar-refractivity contribution in [1.82, 2.24) is 19.3 Å². The van der Waals surface area contributed by atoms with Crippen LogP contribution in [0.2, 0.25) is 5.02 Å². The SMILES string of the molecule is Cn1c(SCCn2c(=O)oc3ccccc32)nnc1-c1ccc(Cl)cc1. The lowest BCUT2D eigenvalue weighted by Crippen LogP contribution is -2.15. The Bertz CT molecular complexity index is 1110. The minimum atomic E-state index is -0.341. The quantitative estimate of drug-likeness (QED) is 0.487. The van der Waals surface area contributed by atoms with Crippen LogP contribution in [0.25, 0.3) is 22.5 Å². The number of thioether (sulfide) groups is 1. The summed E-state index contributed by atoms with van der Waals surface area (Å²) in [6, 6.07) is 14.9. The van der Waals surface area contributed by atoms with Crippen molar-refractivity contribution >= 4 is 34.5 Å². The summed E-state index contributed by atoms with van der Waals surface area (Å²) < 4.78 is 8.82. The van der Waals surface area contributed by atoms with Crippen molar-refractivity contribution in [1.29, 1.82) is 0 Å². The van der Waals surface area contributed by atoms with Crippen molar-refractivity contribution < 1.29 is 4.42 Å². The fraction of sp³-hybridized carbons (Fsp3) is 0.167. The Morgan fingerprint density at radius 3 is 2.69 bits per heavy atom. The molecule has 0 unspecified atom stereocenters. The van der Waals surface area contributed by atoms with Crippen molar-refractivity contribution in [3.05, 3.63) is 64.1 Å². The molecule has 2 heterocycles. The number of para-hydroxylation sites is 2. The van der Waals surface area contributed by atoms with Gasteiger partial charge in [-0.05, 0) is 36.4 Å². The number of hydrogen-bond acceptors (Lipinski definition) is 5. The molecule has 132 valence electrons. The number of halogens is 1. The second-order valence-corrected chi connectivity index (χ2v) is 7.21. The van der Waals surface area contributed by atoms with Gasteiger partial charge in [-0.3, -0.25) is 4.57 Å². The number of oxazole rings is 1. The molecule has 0 bridgehead atoms. The van der Waals surface area contributed by atoms with E-state index in [1.807, 2.05) is 54.1 Å². The summed E-state index contributed by atoms with van der Waals surface area (Å²) >= 11 is 7.48. The van der Waals surface area contributed by atoms with Gasteiger partial charge in [-0.15, -0.1) is 10.2 Å². The number of fused-ring (bicyclic) bond motifs is 1. The van der Waals surface area contributed by atoms with Gasteiger partial charge < -0.3 is 8.98 Å². The smallest absolute Gasteiger partial charge is 0.408 e. The van der Waals surface area contributed by atoms with Gasteiger partial charge in [0.25, 0.3) is 0 Å². The molecule has 0 aliphatic rings. The molecular formula is C18H15ClN4O2S. The Balaban J connectivity index is 1.49. The molecule has 4 rings (SSSR count). The lowest BCUT2D eigenvalue weighted by molar-refractivity contribution is 0.514. The van der Waals surface area contributed by atoms with E-state index in [9.17, 15) is 4.79 Å². The van der Waals surface area contributed by atoms with Crippen LogP contribution in [-0.4, -0.2) is 25.1 Å². The Kier molecular flexibility index (Phi) is 4.57. The first kappa shape index (κ1) is 16.9. The monoisotopic (exact) mass is 386 g/mol. The fourth-order valence-electron chi connectivity index (χ4n) is 2.74. The summed E-state index contributed by atoms with van der Waals surface area (Å²) in [6.45, 7) is 0.531. The van der Waals surface area contributed by atoms with Crippen LogP contribution >= 0.6 is 23.4 Å². The second kappa shape index (κ2) is 7.01. The highest BCUT2D eigenvalue weighted by atomic mass is 35.5. The van der Waals surface area contributed by atoms with Crippen LogP contribution < -0.4 is 5.76 Å². The third-order valence-electron chi connectivity index (χ3n) is 4.06. The average molecular weight is 387 g/mol. The number of rotatable bonds is 5. The minimum Gasteiger partial charge on any atom is -0.408 e. The summed E-state index contributed by atoms with van der Waals surface area (Å²) in [5, 5.41) is 9.98. The first-order chi connectivity index (χ1) is 12.6. The third kappa shape index (κ3) is 3.15. The maximum absolute atomic E-state index is 12.0. The second-order valence-electron chi connectivity index (χ2n) is 5.71. The first-order valence-corrected chi connectivity index (χ1v) is 9.36. The molecule has 0 atom stereocenters. The van der Waals surface area contributed by atoms with Crippen LogP contribution in [-0.2, 0) is 13.6 Å². The predicted molar refractivity (Wildman–Crippen MR) is 103 cm³/mol. The number of benzene rings is 2. The van der Waals surface area contributed by atoms with Crippen molar-refractivity contribution in [2.24, 2.45) is 7.05 Å². The van der Waals surface area contributed by atoms with E-state index in [1.165, 1.54) is 0 Å².